The molecule has 1 atom stereocenters. The molecule has 8 heteroatoms. The van der Waals surface area contributed by atoms with Crippen LogP contribution in [-0.2, 0) is 9.59 Å². The van der Waals surface area contributed by atoms with E-state index in [1.807, 2.05) is 0 Å². The number of amides is 1. The molecule has 0 saturated carbocycles. The number of hydrogen-bond acceptors (Lipinski definition) is 7. The molecule has 0 aliphatic carbocycles. The number of carbonyl (C=O) groups is 2. The summed E-state index contributed by atoms with van der Waals surface area (Å²) in [6, 6.07) is 17.5. The van der Waals surface area contributed by atoms with Gasteiger partial charge in [-0.3, -0.25) is 14.5 Å². The summed E-state index contributed by atoms with van der Waals surface area (Å²) in [6.07, 6.45) is 0. The van der Waals surface area contributed by atoms with Gasteiger partial charge < -0.3 is 24.1 Å². The zero-order valence-electron chi connectivity index (χ0n) is 19.8. The van der Waals surface area contributed by atoms with Crippen molar-refractivity contribution in [2.75, 3.05) is 33.3 Å². The van der Waals surface area contributed by atoms with Gasteiger partial charge in [0, 0.05) is 22.9 Å². The van der Waals surface area contributed by atoms with E-state index in [1.54, 1.807) is 66.7 Å². The Bertz CT molecular complexity index is 1280. The molecule has 1 heterocycles. The van der Waals surface area contributed by atoms with Crippen LogP contribution in [0, 0.1) is 0 Å². The molecule has 0 aromatic heterocycles. The number of hydrogen-bond donors (Lipinski definition) is 1. The maximum Gasteiger partial charge on any atom is 0.300 e. The second-order valence-electron chi connectivity index (χ2n) is 7.70. The average Bonchev–Trinajstić information content (AvgIpc) is 3.17. The van der Waals surface area contributed by atoms with Crippen molar-refractivity contribution in [2.45, 2.75) is 6.04 Å². The smallest absolute Gasteiger partial charge is 0.300 e. The highest BCUT2D eigenvalue weighted by Crippen LogP contribution is 2.46. The SMILES string of the molecule is COc1ccc(C(O)=C2C(=O)C(=O)N(c3ccc(OC)cc3)[C@@H]2c2ccc(OC)cc2OC)cc1. The lowest BCUT2D eigenvalue weighted by Gasteiger charge is -2.27. The van der Waals surface area contributed by atoms with Gasteiger partial charge >= 0.3 is 0 Å². The Balaban J connectivity index is 1.95. The van der Waals surface area contributed by atoms with Gasteiger partial charge in [-0.2, -0.15) is 0 Å². The highest BCUT2D eigenvalue weighted by molar-refractivity contribution is 6.51. The minimum absolute atomic E-state index is 0.0561. The van der Waals surface area contributed by atoms with Gasteiger partial charge in [0.05, 0.1) is 40.1 Å². The molecular weight excluding hydrogens is 450 g/mol. The Morgan fingerprint density at radius 2 is 1.29 bits per heavy atom. The van der Waals surface area contributed by atoms with Gasteiger partial charge in [0.2, 0.25) is 0 Å². The molecule has 0 unspecified atom stereocenters. The van der Waals surface area contributed by atoms with E-state index < -0.39 is 17.7 Å². The number of carbonyl (C=O) groups excluding carboxylic acids is 2. The van der Waals surface area contributed by atoms with Crippen LogP contribution < -0.4 is 23.8 Å². The molecule has 1 amide bonds. The largest absolute Gasteiger partial charge is 0.507 e. The molecule has 1 fully saturated rings. The zero-order chi connectivity index (χ0) is 25.1. The number of benzene rings is 3. The molecule has 8 nitrogen and oxygen atoms in total. The number of aliphatic hydroxyl groups is 1. The fourth-order valence-electron chi connectivity index (χ4n) is 4.08. The summed E-state index contributed by atoms with van der Waals surface area (Å²) in [7, 11) is 6.09. The number of Topliss-reactive ketones (excluding diaryl/α,β-unsaturated/α-hetero) is 1. The molecule has 1 aliphatic heterocycles. The van der Waals surface area contributed by atoms with Crippen LogP contribution in [0.25, 0.3) is 5.76 Å². The van der Waals surface area contributed by atoms with Gasteiger partial charge in [0.25, 0.3) is 11.7 Å². The van der Waals surface area contributed by atoms with E-state index in [4.69, 9.17) is 18.9 Å². The Morgan fingerprint density at radius 1 is 0.743 bits per heavy atom. The first kappa shape index (κ1) is 23.7. The molecule has 4 rings (SSSR count). The molecule has 1 saturated heterocycles. The maximum absolute atomic E-state index is 13.3. The van der Waals surface area contributed by atoms with E-state index in [0.717, 1.165) is 0 Å². The molecule has 0 bridgehead atoms. The van der Waals surface area contributed by atoms with Crippen molar-refractivity contribution in [1.29, 1.82) is 0 Å². The number of ether oxygens (including phenoxy) is 4. The lowest BCUT2D eigenvalue weighted by atomic mass is 9.94. The Kier molecular flexibility index (Phi) is 6.64. The number of anilines is 1. The standard InChI is InChI=1S/C27H25NO7/c1-32-18-9-5-16(6-10-18)25(29)23-24(21-14-13-20(34-3)15-22(21)35-4)28(27(31)26(23)30)17-7-11-19(33-2)12-8-17/h5-15,24,29H,1-4H3/t24-/m1/s1. The zero-order valence-corrected chi connectivity index (χ0v) is 19.8. The highest BCUT2D eigenvalue weighted by Gasteiger charge is 2.48. The van der Waals surface area contributed by atoms with E-state index in [0.29, 0.717) is 39.8 Å². The maximum atomic E-state index is 13.3. The van der Waals surface area contributed by atoms with Crippen molar-refractivity contribution in [3.8, 4) is 23.0 Å². The summed E-state index contributed by atoms with van der Waals surface area (Å²) < 4.78 is 21.3. The van der Waals surface area contributed by atoms with Gasteiger partial charge in [-0.05, 0) is 60.7 Å². The summed E-state index contributed by atoms with van der Waals surface area (Å²) in [5.41, 5.74) is 1.29. The summed E-state index contributed by atoms with van der Waals surface area (Å²) in [6.45, 7) is 0. The predicted molar refractivity (Wildman–Crippen MR) is 130 cm³/mol. The second-order valence-corrected chi connectivity index (χ2v) is 7.70. The fourth-order valence-corrected chi connectivity index (χ4v) is 4.08. The predicted octanol–water partition coefficient (Wildman–Crippen LogP) is 4.35. The monoisotopic (exact) mass is 475 g/mol. The van der Waals surface area contributed by atoms with Crippen LogP contribution in [0.2, 0.25) is 0 Å². The Hall–Kier alpha value is -4.46. The lowest BCUT2D eigenvalue weighted by Crippen LogP contribution is -2.29. The van der Waals surface area contributed by atoms with Crippen LogP contribution in [0.1, 0.15) is 17.2 Å². The summed E-state index contributed by atoms with van der Waals surface area (Å²) in [5, 5.41) is 11.3. The molecule has 35 heavy (non-hydrogen) atoms. The first-order chi connectivity index (χ1) is 16.9. The number of rotatable bonds is 7. The number of ketones is 1. The van der Waals surface area contributed by atoms with Gasteiger partial charge in [-0.25, -0.2) is 0 Å². The molecule has 180 valence electrons. The quantitative estimate of drug-likeness (QED) is 0.308. The van der Waals surface area contributed by atoms with Crippen LogP contribution in [0.4, 0.5) is 5.69 Å². The lowest BCUT2D eigenvalue weighted by molar-refractivity contribution is -0.132. The first-order valence-corrected chi connectivity index (χ1v) is 10.7. The van der Waals surface area contributed by atoms with Crippen LogP contribution in [0.3, 0.4) is 0 Å². The highest BCUT2D eigenvalue weighted by atomic mass is 16.5. The third kappa shape index (κ3) is 4.26. The van der Waals surface area contributed by atoms with E-state index >= 15 is 0 Å². The van der Waals surface area contributed by atoms with Crippen molar-refractivity contribution in [1.82, 2.24) is 0 Å². The average molecular weight is 475 g/mol. The van der Waals surface area contributed by atoms with Gasteiger partial charge in [0.15, 0.2) is 0 Å². The third-order valence-electron chi connectivity index (χ3n) is 5.89. The first-order valence-electron chi connectivity index (χ1n) is 10.7. The van der Waals surface area contributed by atoms with Crippen molar-refractivity contribution < 1.29 is 33.6 Å². The summed E-state index contributed by atoms with van der Waals surface area (Å²) in [4.78, 5) is 28.0. The van der Waals surface area contributed by atoms with Gasteiger partial charge in [-0.1, -0.05) is 0 Å². The molecule has 0 radical (unpaired) electrons. The van der Waals surface area contributed by atoms with E-state index in [1.165, 1.54) is 33.3 Å². The van der Waals surface area contributed by atoms with Gasteiger partial charge in [0.1, 0.15) is 28.8 Å². The Labute approximate surface area is 202 Å². The van der Waals surface area contributed by atoms with Crippen LogP contribution in [-0.4, -0.2) is 45.2 Å². The summed E-state index contributed by atoms with van der Waals surface area (Å²) >= 11 is 0. The van der Waals surface area contributed by atoms with Gasteiger partial charge in [-0.15, -0.1) is 0 Å². The molecule has 3 aromatic carbocycles. The molecule has 3 aromatic rings. The van der Waals surface area contributed by atoms with Crippen LogP contribution in [0.15, 0.2) is 72.3 Å². The van der Waals surface area contributed by atoms with Crippen LogP contribution >= 0.6 is 0 Å². The number of methoxy groups -OCH3 is 4. The normalized spacial score (nSPS) is 16.8. The van der Waals surface area contributed by atoms with E-state index in [9.17, 15) is 14.7 Å². The van der Waals surface area contributed by atoms with Crippen molar-refractivity contribution in [3.05, 3.63) is 83.4 Å². The van der Waals surface area contributed by atoms with Crippen molar-refractivity contribution >= 4 is 23.1 Å². The van der Waals surface area contributed by atoms with Crippen molar-refractivity contribution in [2.24, 2.45) is 0 Å². The van der Waals surface area contributed by atoms with Crippen molar-refractivity contribution in [3.63, 3.8) is 0 Å². The fraction of sp³-hybridized carbons (Fsp3) is 0.185. The summed E-state index contributed by atoms with van der Waals surface area (Å²) in [5.74, 6) is 0.253. The molecular formula is C27H25NO7. The minimum Gasteiger partial charge on any atom is -0.507 e. The number of nitrogens with zero attached hydrogens (tertiary/aromatic N) is 1. The number of aliphatic hydroxyl groups excluding tert-OH is 1. The second kappa shape index (κ2) is 9.80. The minimum atomic E-state index is -0.952. The topological polar surface area (TPSA) is 94.5 Å². The molecule has 0 spiro atoms. The molecule has 1 aliphatic rings. The third-order valence-corrected chi connectivity index (χ3v) is 5.89. The van der Waals surface area contributed by atoms with Crippen LogP contribution in [0.5, 0.6) is 23.0 Å². The Morgan fingerprint density at radius 3 is 1.83 bits per heavy atom. The van der Waals surface area contributed by atoms with E-state index in [-0.39, 0.29) is 11.3 Å². The molecule has 1 N–H and O–H groups in total. The van der Waals surface area contributed by atoms with E-state index in [2.05, 4.69) is 0 Å².